The zero-order valence-electron chi connectivity index (χ0n) is 17.8. The largest absolute Gasteiger partial charge is 0.495 e. The Labute approximate surface area is 175 Å². The second kappa shape index (κ2) is 7.63. The number of fused-ring (bicyclic) bond motifs is 1. The van der Waals surface area contributed by atoms with E-state index in [1.165, 1.54) is 5.56 Å². The van der Waals surface area contributed by atoms with Crippen LogP contribution in [0.25, 0.3) is 16.7 Å². The van der Waals surface area contributed by atoms with E-state index in [-0.39, 0.29) is 5.91 Å². The van der Waals surface area contributed by atoms with E-state index in [1.54, 1.807) is 17.9 Å². The molecule has 4 aromatic rings. The van der Waals surface area contributed by atoms with Crippen LogP contribution >= 0.6 is 0 Å². The van der Waals surface area contributed by atoms with Crippen LogP contribution in [0.15, 0.2) is 48.5 Å². The molecule has 4 rings (SSSR count). The number of aromatic nitrogens is 3. The van der Waals surface area contributed by atoms with E-state index in [2.05, 4.69) is 15.4 Å². The van der Waals surface area contributed by atoms with Crippen LogP contribution in [-0.4, -0.2) is 27.8 Å². The molecule has 6 heteroatoms. The summed E-state index contributed by atoms with van der Waals surface area (Å²) in [6, 6.07) is 15.6. The lowest BCUT2D eigenvalue weighted by molar-refractivity contribution is 0.102. The number of aryl methyl sites for hydroxylation is 4. The van der Waals surface area contributed by atoms with Gasteiger partial charge in [-0.15, -0.1) is 0 Å². The van der Waals surface area contributed by atoms with Gasteiger partial charge in [-0.3, -0.25) is 4.79 Å². The average molecular weight is 400 g/mol. The Morgan fingerprint density at radius 3 is 2.37 bits per heavy atom. The second-order valence-corrected chi connectivity index (χ2v) is 7.50. The fourth-order valence-electron chi connectivity index (χ4n) is 3.57. The molecule has 0 bridgehead atoms. The van der Waals surface area contributed by atoms with Crippen LogP contribution in [0.2, 0.25) is 0 Å². The van der Waals surface area contributed by atoms with Gasteiger partial charge in [-0.1, -0.05) is 23.8 Å². The molecule has 0 atom stereocenters. The third-order valence-electron chi connectivity index (χ3n) is 5.07. The lowest BCUT2D eigenvalue weighted by Gasteiger charge is -2.12. The molecule has 0 fully saturated rings. The first-order valence-electron chi connectivity index (χ1n) is 9.77. The van der Waals surface area contributed by atoms with Gasteiger partial charge in [0.1, 0.15) is 5.75 Å². The highest BCUT2D eigenvalue weighted by molar-refractivity contribution is 6.13. The van der Waals surface area contributed by atoms with E-state index >= 15 is 0 Å². The maximum absolute atomic E-state index is 13.3. The van der Waals surface area contributed by atoms with Gasteiger partial charge >= 0.3 is 0 Å². The molecule has 0 aliphatic rings. The minimum atomic E-state index is -0.221. The third kappa shape index (κ3) is 3.52. The van der Waals surface area contributed by atoms with Gasteiger partial charge in [0, 0.05) is 5.69 Å². The van der Waals surface area contributed by atoms with E-state index < -0.39 is 0 Å². The molecule has 0 aliphatic heterocycles. The lowest BCUT2D eigenvalue weighted by Crippen LogP contribution is -2.14. The van der Waals surface area contributed by atoms with Crippen LogP contribution in [0.5, 0.6) is 5.75 Å². The first kappa shape index (κ1) is 19.6. The Bertz CT molecular complexity index is 1260. The van der Waals surface area contributed by atoms with Crippen molar-refractivity contribution in [1.82, 2.24) is 14.8 Å². The topological polar surface area (TPSA) is 69.0 Å². The van der Waals surface area contributed by atoms with Gasteiger partial charge in [0.2, 0.25) is 0 Å². The minimum absolute atomic E-state index is 0.221. The molecule has 1 amide bonds. The van der Waals surface area contributed by atoms with E-state index in [0.29, 0.717) is 22.6 Å². The highest BCUT2D eigenvalue weighted by Crippen LogP contribution is 2.29. The number of amides is 1. The number of carbonyl (C=O) groups excluding carboxylic acids is 1. The molecule has 0 saturated heterocycles. The molecule has 2 heterocycles. The fourth-order valence-corrected chi connectivity index (χ4v) is 3.57. The van der Waals surface area contributed by atoms with Gasteiger partial charge in [0.15, 0.2) is 5.65 Å². The van der Waals surface area contributed by atoms with Gasteiger partial charge in [-0.25, -0.2) is 9.67 Å². The number of nitrogens with zero attached hydrogens (tertiary/aromatic N) is 3. The second-order valence-electron chi connectivity index (χ2n) is 7.50. The standard InChI is InChI=1S/C24H24N4O2/c1-14-6-9-18(10-7-14)28-23-22(17(4)27-28)19(13-16(3)25-23)24(29)26-20-12-15(2)8-11-21(20)30-5/h6-13H,1-5H3,(H,26,29). The van der Waals surface area contributed by atoms with Crippen molar-refractivity contribution in [3.05, 3.63) is 76.6 Å². The SMILES string of the molecule is COc1ccc(C)cc1NC(=O)c1cc(C)nc2c1c(C)nn2-c1ccc(C)cc1. The first-order valence-corrected chi connectivity index (χ1v) is 9.77. The minimum Gasteiger partial charge on any atom is -0.495 e. The van der Waals surface area contributed by atoms with E-state index in [4.69, 9.17) is 4.74 Å². The smallest absolute Gasteiger partial charge is 0.256 e. The number of methoxy groups -OCH3 is 1. The molecule has 6 nitrogen and oxygen atoms in total. The van der Waals surface area contributed by atoms with Crippen molar-refractivity contribution in [1.29, 1.82) is 0 Å². The average Bonchev–Trinajstić information content (AvgIpc) is 3.04. The molecule has 0 aliphatic carbocycles. The maximum atomic E-state index is 13.3. The molecule has 0 saturated carbocycles. The number of hydrogen-bond acceptors (Lipinski definition) is 4. The predicted octanol–water partition coefficient (Wildman–Crippen LogP) is 4.92. The van der Waals surface area contributed by atoms with Crippen LogP contribution in [0.4, 0.5) is 5.69 Å². The summed E-state index contributed by atoms with van der Waals surface area (Å²) in [6.07, 6.45) is 0. The quantitative estimate of drug-likeness (QED) is 0.528. The van der Waals surface area contributed by atoms with Gasteiger partial charge in [-0.2, -0.15) is 5.10 Å². The van der Waals surface area contributed by atoms with Crippen LogP contribution in [0.3, 0.4) is 0 Å². The molecular weight excluding hydrogens is 376 g/mol. The Balaban J connectivity index is 1.83. The third-order valence-corrected chi connectivity index (χ3v) is 5.07. The molecule has 0 spiro atoms. The van der Waals surface area contributed by atoms with Crippen molar-refractivity contribution >= 4 is 22.6 Å². The van der Waals surface area contributed by atoms with Crippen LogP contribution < -0.4 is 10.1 Å². The molecule has 152 valence electrons. The number of anilines is 1. The summed E-state index contributed by atoms with van der Waals surface area (Å²) in [5, 5.41) is 8.41. The summed E-state index contributed by atoms with van der Waals surface area (Å²) in [5.74, 6) is 0.393. The van der Waals surface area contributed by atoms with Crippen molar-refractivity contribution in [3.8, 4) is 11.4 Å². The zero-order valence-corrected chi connectivity index (χ0v) is 17.8. The Kier molecular flexibility index (Phi) is 4.99. The van der Waals surface area contributed by atoms with Gasteiger partial charge < -0.3 is 10.1 Å². The Hall–Kier alpha value is -3.67. The summed E-state index contributed by atoms with van der Waals surface area (Å²) in [4.78, 5) is 18.0. The zero-order chi connectivity index (χ0) is 21.4. The number of hydrogen-bond donors (Lipinski definition) is 1. The summed E-state index contributed by atoms with van der Waals surface area (Å²) < 4.78 is 7.19. The van der Waals surface area contributed by atoms with Crippen LogP contribution in [0, 0.1) is 27.7 Å². The Morgan fingerprint density at radius 1 is 0.967 bits per heavy atom. The predicted molar refractivity (Wildman–Crippen MR) is 119 cm³/mol. The van der Waals surface area contributed by atoms with Crippen molar-refractivity contribution in [3.63, 3.8) is 0 Å². The number of carbonyl (C=O) groups is 1. The summed E-state index contributed by atoms with van der Waals surface area (Å²) in [6.45, 7) is 7.79. The monoisotopic (exact) mass is 400 g/mol. The van der Waals surface area contributed by atoms with Crippen molar-refractivity contribution in [2.75, 3.05) is 12.4 Å². The highest BCUT2D eigenvalue weighted by atomic mass is 16.5. The van der Waals surface area contributed by atoms with Gasteiger partial charge in [0.25, 0.3) is 5.91 Å². The molecule has 2 aromatic carbocycles. The maximum Gasteiger partial charge on any atom is 0.256 e. The van der Waals surface area contributed by atoms with Crippen molar-refractivity contribution in [2.45, 2.75) is 27.7 Å². The van der Waals surface area contributed by atoms with Crippen LogP contribution in [-0.2, 0) is 0 Å². The van der Waals surface area contributed by atoms with Gasteiger partial charge in [0.05, 0.1) is 35.1 Å². The summed E-state index contributed by atoms with van der Waals surface area (Å²) in [5.41, 5.74) is 6.44. The van der Waals surface area contributed by atoms with E-state index in [0.717, 1.165) is 28.0 Å². The van der Waals surface area contributed by atoms with Crippen molar-refractivity contribution < 1.29 is 9.53 Å². The summed E-state index contributed by atoms with van der Waals surface area (Å²) in [7, 11) is 1.59. The molecule has 0 radical (unpaired) electrons. The van der Waals surface area contributed by atoms with E-state index in [9.17, 15) is 4.79 Å². The molecule has 0 unspecified atom stereocenters. The van der Waals surface area contributed by atoms with Crippen molar-refractivity contribution in [2.24, 2.45) is 0 Å². The number of nitrogens with one attached hydrogen (secondary N) is 1. The number of rotatable bonds is 4. The molecular formula is C24H24N4O2. The highest BCUT2D eigenvalue weighted by Gasteiger charge is 2.20. The molecule has 1 N–H and O–H groups in total. The number of ether oxygens (including phenoxy) is 1. The fraction of sp³-hybridized carbons (Fsp3) is 0.208. The lowest BCUT2D eigenvalue weighted by atomic mass is 10.1. The molecule has 2 aromatic heterocycles. The normalized spacial score (nSPS) is 11.0. The van der Waals surface area contributed by atoms with Crippen LogP contribution in [0.1, 0.15) is 32.9 Å². The molecule has 30 heavy (non-hydrogen) atoms. The Morgan fingerprint density at radius 2 is 1.67 bits per heavy atom. The summed E-state index contributed by atoms with van der Waals surface area (Å²) >= 11 is 0. The first-order chi connectivity index (χ1) is 14.4. The number of pyridine rings is 1. The van der Waals surface area contributed by atoms with E-state index in [1.807, 2.05) is 70.2 Å². The van der Waals surface area contributed by atoms with Gasteiger partial charge in [-0.05, 0) is 63.6 Å². The number of benzene rings is 2.